The maximum Gasteiger partial charge on any atom is 0.341 e. The Bertz CT molecular complexity index is 1180. The van der Waals surface area contributed by atoms with E-state index in [1.165, 1.54) is 32.1 Å². The van der Waals surface area contributed by atoms with Crippen LogP contribution in [-0.2, 0) is 47.7 Å². The zero-order valence-corrected chi connectivity index (χ0v) is 24.3. The van der Waals surface area contributed by atoms with Crippen LogP contribution in [0.2, 0.25) is 0 Å². The summed E-state index contributed by atoms with van der Waals surface area (Å²) in [4.78, 5) is 62.2. The second kappa shape index (κ2) is 10.8. The van der Waals surface area contributed by atoms with E-state index in [0.717, 1.165) is 34.6 Å². The molecule has 3 aliphatic rings. The highest BCUT2D eigenvalue weighted by Gasteiger charge is 2.75. The quantitative estimate of drug-likeness (QED) is 0.235. The third-order valence-electron chi connectivity index (χ3n) is 8.19. The van der Waals surface area contributed by atoms with Gasteiger partial charge in [0.1, 0.15) is 30.0 Å². The van der Waals surface area contributed by atoms with Crippen molar-refractivity contribution in [3.8, 4) is 0 Å². The first kappa shape index (κ1) is 32.2. The number of hydrogen-bond donors (Lipinski definition) is 3. The van der Waals surface area contributed by atoms with Crippen LogP contribution in [0.5, 0.6) is 0 Å². The van der Waals surface area contributed by atoms with Gasteiger partial charge in [0, 0.05) is 45.4 Å². The standard InChI is InChI=1S/C28H38O13/c1-13-11-18(37-14(2)29)22(39-16(4)31)25(6)10-9-19(38-15(3)30)26(7,34)21(25)23(40-17(5)32)28(36)20(12-13)41-24(33)27(28,8)35/h9-10,12,18-23,34-36H,11H2,1-8H3/b13-12-/t18-,19-,20+,21-,22+,23+,25+,26-,27-,28+/m1/s1. The molecule has 0 saturated carbocycles. The lowest BCUT2D eigenvalue weighted by atomic mass is 9.54. The summed E-state index contributed by atoms with van der Waals surface area (Å²) in [6.45, 7) is 9.71. The molecule has 41 heavy (non-hydrogen) atoms. The maximum absolute atomic E-state index is 12.9. The smallest absolute Gasteiger partial charge is 0.341 e. The first-order valence-electron chi connectivity index (χ1n) is 13.1. The highest BCUT2D eigenvalue weighted by Crippen LogP contribution is 2.56. The first-order valence-corrected chi connectivity index (χ1v) is 13.1. The first-order chi connectivity index (χ1) is 18.7. The molecular weight excluding hydrogens is 544 g/mol. The number of rotatable bonds is 4. The molecule has 0 radical (unpaired) electrons. The molecule has 0 aromatic rings. The highest BCUT2D eigenvalue weighted by atomic mass is 16.6. The molecule has 1 heterocycles. The summed E-state index contributed by atoms with van der Waals surface area (Å²) in [6.07, 6.45) is -3.56. The molecule has 1 aliphatic heterocycles. The van der Waals surface area contributed by atoms with Crippen molar-refractivity contribution in [2.75, 3.05) is 0 Å². The number of ether oxygens (including phenoxy) is 5. The zero-order chi connectivity index (χ0) is 31.3. The fourth-order valence-electron chi connectivity index (χ4n) is 6.44. The average molecular weight is 583 g/mol. The Hall–Kier alpha value is -3.29. The van der Waals surface area contributed by atoms with Crippen LogP contribution in [0.25, 0.3) is 0 Å². The third kappa shape index (κ3) is 5.50. The normalized spacial score (nSPS) is 43.3. The predicted octanol–water partition coefficient (Wildman–Crippen LogP) is 0.414. The maximum atomic E-state index is 12.9. The lowest BCUT2D eigenvalue weighted by Gasteiger charge is -2.57. The van der Waals surface area contributed by atoms with Crippen molar-refractivity contribution >= 4 is 29.8 Å². The van der Waals surface area contributed by atoms with E-state index >= 15 is 0 Å². The van der Waals surface area contributed by atoms with Gasteiger partial charge in [0.15, 0.2) is 17.3 Å². The van der Waals surface area contributed by atoms with Crippen molar-refractivity contribution in [1.29, 1.82) is 0 Å². The number of carbonyl (C=O) groups excluding carboxylic acids is 5. The third-order valence-corrected chi connectivity index (χ3v) is 8.19. The lowest BCUT2D eigenvalue weighted by Crippen LogP contribution is -2.73. The number of aliphatic hydroxyl groups is 3. The van der Waals surface area contributed by atoms with Crippen LogP contribution in [-0.4, -0.2) is 92.5 Å². The molecule has 3 rings (SSSR count). The van der Waals surface area contributed by atoms with Gasteiger partial charge in [-0.25, -0.2) is 4.79 Å². The molecule has 13 nitrogen and oxygen atoms in total. The SMILES string of the molecule is CC(=O)O[C@@H]1C/C(C)=C\[C@@H]2OC(=O)[C@@](C)(O)[C@@]2(O)[C@@H](OC(C)=O)[C@H]2[C@](C)(O)[C@H](OC(C)=O)C=C[C@]2(C)[C@H]1OC(C)=O. The lowest BCUT2D eigenvalue weighted by molar-refractivity contribution is -0.263. The molecule has 13 heteroatoms. The molecule has 10 atom stereocenters. The van der Waals surface area contributed by atoms with Gasteiger partial charge >= 0.3 is 29.8 Å². The van der Waals surface area contributed by atoms with Crippen molar-refractivity contribution in [3.05, 3.63) is 23.8 Å². The van der Waals surface area contributed by atoms with Crippen LogP contribution in [0.15, 0.2) is 23.8 Å². The molecule has 0 aromatic heterocycles. The minimum absolute atomic E-state index is 0.0896. The largest absolute Gasteiger partial charge is 0.459 e. The minimum Gasteiger partial charge on any atom is -0.459 e. The summed E-state index contributed by atoms with van der Waals surface area (Å²) < 4.78 is 27.8. The molecular formula is C28H38O13. The van der Waals surface area contributed by atoms with Gasteiger partial charge in [0.05, 0.1) is 0 Å². The van der Waals surface area contributed by atoms with Crippen molar-refractivity contribution in [1.82, 2.24) is 0 Å². The van der Waals surface area contributed by atoms with E-state index in [9.17, 15) is 39.3 Å². The van der Waals surface area contributed by atoms with Crippen molar-refractivity contribution in [2.45, 2.75) is 109 Å². The summed E-state index contributed by atoms with van der Waals surface area (Å²) in [5.74, 6) is -6.08. The van der Waals surface area contributed by atoms with Crippen LogP contribution in [0.3, 0.4) is 0 Å². The molecule has 0 bridgehead atoms. The Kier molecular flexibility index (Phi) is 8.52. The summed E-state index contributed by atoms with van der Waals surface area (Å²) in [5.41, 5.74) is -8.92. The summed E-state index contributed by atoms with van der Waals surface area (Å²) in [6, 6.07) is 0. The van der Waals surface area contributed by atoms with E-state index in [1.54, 1.807) is 6.92 Å². The number of hydrogen-bond acceptors (Lipinski definition) is 13. The zero-order valence-electron chi connectivity index (χ0n) is 24.3. The summed E-state index contributed by atoms with van der Waals surface area (Å²) in [7, 11) is 0. The topological polar surface area (TPSA) is 192 Å². The Morgan fingerprint density at radius 3 is 1.88 bits per heavy atom. The Morgan fingerprint density at radius 1 is 0.854 bits per heavy atom. The monoisotopic (exact) mass is 582 g/mol. The van der Waals surface area contributed by atoms with Crippen LogP contribution in [0.4, 0.5) is 0 Å². The highest BCUT2D eigenvalue weighted by molar-refractivity contribution is 5.84. The van der Waals surface area contributed by atoms with Crippen molar-refractivity contribution < 1.29 is 63.0 Å². The Labute approximate surface area is 237 Å². The molecule has 228 valence electrons. The summed E-state index contributed by atoms with van der Waals surface area (Å²) in [5, 5.41) is 35.9. The number of esters is 5. The van der Waals surface area contributed by atoms with Gasteiger partial charge in [0.25, 0.3) is 0 Å². The Balaban J connectivity index is 2.50. The van der Waals surface area contributed by atoms with Crippen LogP contribution in [0, 0.1) is 11.3 Å². The van der Waals surface area contributed by atoms with Gasteiger partial charge < -0.3 is 39.0 Å². The molecule has 3 N–H and O–H groups in total. The van der Waals surface area contributed by atoms with E-state index in [0.29, 0.717) is 5.57 Å². The van der Waals surface area contributed by atoms with Gasteiger partial charge in [-0.1, -0.05) is 18.6 Å². The second-order valence-corrected chi connectivity index (χ2v) is 11.6. The summed E-state index contributed by atoms with van der Waals surface area (Å²) >= 11 is 0. The van der Waals surface area contributed by atoms with Gasteiger partial charge in [0.2, 0.25) is 0 Å². The van der Waals surface area contributed by atoms with Gasteiger partial charge in [-0.15, -0.1) is 0 Å². The molecule has 1 saturated heterocycles. The van der Waals surface area contributed by atoms with Crippen molar-refractivity contribution in [2.24, 2.45) is 11.3 Å². The van der Waals surface area contributed by atoms with Gasteiger partial charge in [-0.05, 0) is 32.9 Å². The van der Waals surface area contributed by atoms with E-state index in [4.69, 9.17) is 23.7 Å². The molecule has 1 fully saturated rings. The number of carbonyl (C=O) groups is 5. The van der Waals surface area contributed by atoms with E-state index < -0.39 is 88.5 Å². The average Bonchev–Trinajstić information content (AvgIpc) is 2.96. The van der Waals surface area contributed by atoms with E-state index in [1.807, 2.05) is 0 Å². The van der Waals surface area contributed by atoms with E-state index in [-0.39, 0.29) is 6.42 Å². The van der Waals surface area contributed by atoms with Gasteiger partial charge in [-0.2, -0.15) is 0 Å². The second-order valence-electron chi connectivity index (χ2n) is 11.6. The van der Waals surface area contributed by atoms with Crippen LogP contribution < -0.4 is 0 Å². The number of fused-ring (bicyclic) bond motifs is 2. The van der Waals surface area contributed by atoms with Gasteiger partial charge in [-0.3, -0.25) is 19.2 Å². The van der Waals surface area contributed by atoms with E-state index in [2.05, 4.69) is 0 Å². The molecule has 0 amide bonds. The Morgan fingerprint density at radius 2 is 1.37 bits per heavy atom. The fraction of sp³-hybridized carbons (Fsp3) is 0.679. The van der Waals surface area contributed by atoms with Crippen molar-refractivity contribution in [3.63, 3.8) is 0 Å². The molecule has 0 unspecified atom stereocenters. The van der Waals surface area contributed by atoms with Crippen LogP contribution >= 0.6 is 0 Å². The van der Waals surface area contributed by atoms with Crippen LogP contribution in [0.1, 0.15) is 61.8 Å². The molecule has 2 aliphatic carbocycles. The molecule has 0 aromatic carbocycles. The minimum atomic E-state index is -2.73. The predicted molar refractivity (Wildman–Crippen MR) is 137 cm³/mol. The fourth-order valence-corrected chi connectivity index (χ4v) is 6.44. The molecule has 0 spiro atoms.